The molecule has 2 rings (SSSR count). The molecule has 2 unspecified atom stereocenters. The van der Waals surface area contributed by atoms with Crippen LogP contribution in [0.15, 0.2) is 18.2 Å². The molecule has 2 amide bonds. The van der Waals surface area contributed by atoms with Gasteiger partial charge in [-0.05, 0) is 30.0 Å². The fourth-order valence-electron chi connectivity index (χ4n) is 2.91. The monoisotopic (exact) mass is 450 g/mol. The molecule has 0 saturated carbocycles. The molecule has 0 radical (unpaired) electrons. The van der Waals surface area contributed by atoms with Gasteiger partial charge in [0.1, 0.15) is 11.8 Å². The molecule has 176 valence electrons. The van der Waals surface area contributed by atoms with E-state index in [1.54, 1.807) is 25.1 Å². The average molecular weight is 450 g/mol. The summed E-state index contributed by atoms with van der Waals surface area (Å²) in [5, 5.41) is 14.0. The van der Waals surface area contributed by atoms with Crippen LogP contribution in [-0.4, -0.2) is 54.4 Å². The summed E-state index contributed by atoms with van der Waals surface area (Å²) in [5.41, 5.74) is 0.818. The lowest BCUT2D eigenvalue weighted by Crippen LogP contribution is -2.44. The highest BCUT2D eigenvalue weighted by molar-refractivity contribution is 5.98. The molecule has 2 atom stereocenters. The van der Waals surface area contributed by atoms with Crippen LogP contribution < -0.4 is 15.4 Å². The van der Waals surface area contributed by atoms with Gasteiger partial charge in [0, 0.05) is 19.3 Å². The first-order valence-electron chi connectivity index (χ1n) is 10.4. The smallest absolute Gasteiger partial charge is 0.407 e. The molecule has 3 N–H and O–H groups in total. The lowest BCUT2D eigenvalue weighted by atomic mass is 9.99. The van der Waals surface area contributed by atoms with Gasteiger partial charge in [-0.2, -0.15) is 0 Å². The Balaban J connectivity index is 2.09. The van der Waals surface area contributed by atoms with Crippen LogP contribution in [0.5, 0.6) is 5.75 Å². The van der Waals surface area contributed by atoms with Crippen LogP contribution in [0.4, 0.5) is 10.5 Å². The molecule has 1 heterocycles. The van der Waals surface area contributed by atoms with Gasteiger partial charge in [-0.3, -0.25) is 9.59 Å². The zero-order valence-corrected chi connectivity index (χ0v) is 18.7. The number of carbonyl (C=O) groups excluding carboxylic acids is 3. The van der Waals surface area contributed by atoms with Gasteiger partial charge in [0.25, 0.3) is 5.91 Å². The Hall–Kier alpha value is -3.30. The number of rotatable bonds is 9. The molecule has 0 spiro atoms. The third kappa shape index (κ3) is 7.75. The minimum Gasteiger partial charge on any atom is -0.481 e. The fraction of sp³-hybridized carbons (Fsp3) is 0.545. The highest BCUT2D eigenvalue weighted by Gasteiger charge is 2.29. The molecule has 1 aliphatic heterocycles. The summed E-state index contributed by atoms with van der Waals surface area (Å²) < 4.78 is 15.9. The third-order valence-corrected chi connectivity index (χ3v) is 4.42. The van der Waals surface area contributed by atoms with Gasteiger partial charge in [-0.25, -0.2) is 9.59 Å². The van der Waals surface area contributed by atoms with Crippen LogP contribution in [0.25, 0.3) is 0 Å². The molecule has 10 nitrogen and oxygen atoms in total. The van der Waals surface area contributed by atoms with Crippen LogP contribution in [0.3, 0.4) is 0 Å². The molecule has 0 fully saturated rings. The van der Waals surface area contributed by atoms with Gasteiger partial charge in [0.2, 0.25) is 0 Å². The zero-order chi connectivity index (χ0) is 23.9. The maximum atomic E-state index is 12.4. The maximum Gasteiger partial charge on any atom is 0.407 e. The predicted molar refractivity (Wildman–Crippen MR) is 114 cm³/mol. The molecule has 1 aliphatic rings. The molecular weight excluding hydrogens is 420 g/mol. The highest BCUT2D eigenvalue weighted by atomic mass is 16.6. The van der Waals surface area contributed by atoms with Crippen LogP contribution in [0.2, 0.25) is 0 Å². The van der Waals surface area contributed by atoms with Crippen LogP contribution in [-0.2, 0) is 30.3 Å². The van der Waals surface area contributed by atoms with E-state index >= 15 is 0 Å². The molecule has 0 aliphatic carbocycles. The van der Waals surface area contributed by atoms with Crippen LogP contribution in [0.1, 0.15) is 46.1 Å². The van der Waals surface area contributed by atoms with Crippen molar-refractivity contribution in [3.63, 3.8) is 0 Å². The Morgan fingerprint density at radius 1 is 1.25 bits per heavy atom. The normalized spacial score (nSPS) is 16.1. The van der Waals surface area contributed by atoms with E-state index in [9.17, 15) is 19.2 Å². The number of aliphatic carboxylic acids is 1. The number of carbonyl (C=O) groups is 4. The van der Waals surface area contributed by atoms with E-state index in [1.807, 2.05) is 20.8 Å². The first-order chi connectivity index (χ1) is 15.0. The topological polar surface area (TPSA) is 140 Å². The van der Waals surface area contributed by atoms with E-state index in [4.69, 9.17) is 19.3 Å². The van der Waals surface area contributed by atoms with Gasteiger partial charge in [0.05, 0.1) is 18.9 Å². The number of anilines is 1. The van der Waals surface area contributed by atoms with Gasteiger partial charge >= 0.3 is 18.0 Å². The molecule has 0 bridgehead atoms. The number of carboxylic acids is 1. The number of amides is 2. The standard InChI is InChI=1S/C22H30N2O8/c1-5-30-20(28)15(24-21(29)31-12-22(2,3)4)11-13-6-7-16-14(10-13)23-19(27)17(32-16)8-9-18(25)26/h6-7,10,15,17H,5,8-9,11-12H2,1-4H3,(H,23,27)(H,24,29)(H,25,26). The van der Waals surface area contributed by atoms with E-state index in [1.165, 1.54) is 0 Å². The van der Waals surface area contributed by atoms with E-state index < -0.39 is 36.1 Å². The summed E-state index contributed by atoms with van der Waals surface area (Å²) in [4.78, 5) is 47.5. The Morgan fingerprint density at radius 3 is 2.59 bits per heavy atom. The van der Waals surface area contributed by atoms with Crippen molar-refractivity contribution >= 4 is 29.6 Å². The van der Waals surface area contributed by atoms with Gasteiger partial charge in [-0.1, -0.05) is 26.8 Å². The second kappa shape index (κ2) is 10.8. The zero-order valence-electron chi connectivity index (χ0n) is 18.7. The maximum absolute atomic E-state index is 12.4. The van der Waals surface area contributed by atoms with E-state index in [0.717, 1.165) is 0 Å². The quantitative estimate of drug-likeness (QED) is 0.488. The molecule has 1 aromatic carbocycles. The van der Waals surface area contributed by atoms with Crippen LogP contribution >= 0.6 is 0 Å². The van der Waals surface area contributed by atoms with Gasteiger partial charge < -0.3 is 30.0 Å². The van der Waals surface area contributed by atoms with Crippen molar-refractivity contribution in [1.29, 1.82) is 0 Å². The molecular formula is C22H30N2O8. The van der Waals surface area contributed by atoms with Crippen molar-refractivity contribution in [2.24, 2.45) is 5.41 Å². The summed E-state index contributed by atoms with van der Waals surface area (Å²) in [5.74, 6) is -1.66. The van der Waals surface area contributed by atoms with E-state index in [2.05, 4.69) is 10.6 Å². The first-order valence-corrected chi connectivity index (χ1v) is 10.4. The van der Waals surface area contributed by atoms with Gasteiger partial charge in [-0.15, -0.1) is 0 Å². The fourth-order valence-corrected chi connectivity index (χ4v) is 2.91. The number of benzene rings is 1. The summed E-state index contributed by atoms with van der Waals surface area (Å²) in [6.45, 7) is 7.75. The molecule has 0 aromatic heterocycles. The van der Waals surface area contributed by atoms with Crippen molar-refractivity contribution in [2.75, 3.05) is 18.5 Å². The minimum absolute atomic E-state index is 0.0495. The molecule has 0 saturated heterocycles. The third-order valence-electron chi connectivity index (χ3n) is 4.42. The van der Waals surface area contributed by atoms with E-state index in [-0.39, 0.29) is 37.9 Å². The number of carboxylic acid groups (broad SMARTS) is 1. The molecule has 32 heavy (non-hydrogen) atoms. The Bertz CT molecular complexity index is 862. The number of esters is 1. The second-order valence-corrected chi connectivity index (χ2v) is 8.65. The average Bonchev–Trinajstić information content (AvgIpc) is 2.69. The Labute approximate surface area is 186 Å². The van der Waals surface area contributed by atoms with Crippen LogP contribution in [0, 0.1) is 5.41 Å². The second-order valence-electron chi connectivity index (χ2n) is 8.65. The van der Waals surface area contributed by atoms with Crippen molar-refractivity contribution in [3.8, 4) is 5.75 Å². The summed E-state index contributed by atoms with van der Waals surface area (Å²) in [6, 6.07) is 3.97. The molecule has 1 aromatic rings. The summed E-state index contributed by atoms with van der Waals surface area (Å²) in [7, 11) is 0. The number of nitrogens with one attached hydrogen (secondary N) is 2. The largest absolute Gasteiger partial charge is 0.481 e. The Kier molecular flexibility index (Phi) is 8.45. The number of ether oxygens (including phenoxy) is 3. The number of hydrogen-bond acceptors (Lipinski definition) is 7. The van der Waals surface area contributed by atoms with Crippen molar-refractivity contribution < 1.29 is 38.5 Å². The number of hydrogen-bond donors (Lipinski definition) is 3. The van der Waals surface area contributed by atoms with Gasteiger partial charge in [0.15, 0.2) is 6.10 Å². The predicted octanol–water partition coefficient (Wildman–Crippen LogP) is 2.50. The lowest BCUT2D eigenvalue weighted by molar-refractivity contribution is -0.145. The van der Waals surface area contributed by atoms with Crippen molar-refractivity contribution in [3.05, 3.63) is 23.8 Å². The summed E-state index contributed by atoms with van der Waals surface area (Å²) in [6.07, 6.45) is -1.66. The number of alkyl carbamates (subject to hydrolysis) is 1. The Morgan fingerprint density at radius 2 is 1.97 bits per heavy atom. The minimum atomic E-state index is -1.01. The first kappa shape index (κ1) is 25.0. The SMILES string of the molecule is CCOC(=O)C(Cc1ccc2c(c1)NC(=O)C(CCC(=O)O)O2)NC(=O)OCC(C)(C)C. The van der Waals surface area contributed by atoms with Crippen molar-refractivity contribution in [2.45, 2.75) is 59.1 Å². The number of fused-ring (bicyclic) bond motifs is 1. The van der Waals surface area contributed by atoms with E-state index in [0.29, 0.717) is 17.0 Å². The highest BCUT2D eigenvalue weighted by Crippen LogP contribution is 2.32. The molecule has 10 heteroatoms. The summed E-state index contributed by atoms with van der Waals surface area (Å²) >= 11 is 0. The van der Waals surface area contributed by atoms with Crippen molar-refractivity contribution in [1.82, 2.24) is 5.32 Å². The lowest BCUT2D eigenvalue weighted by Gasteiger charge is -2.26.